The molecule has 4 aromatic rings. The van der Waals surface area contributed by atoms with E-state index < -0.39 is 0 Å². The lowest BCUT2D eigenvalue weighted by molar-refractivity contribution is 0.0953. The fourth-order valence-electron chi connectivity index (χ4n) is 3.08. The van der Waals surface area contributed by atoms with E-state index >= 15 is 0 Å². The zero-order valence-electron chi connectivity index (χ0n) is 16.4. The molecule has 0 saturated carbocycles. The van der Waals surface area contributed by atoms with Crippen molar-refractivity contribution in [3.05, 3.63) is 102 Å². The lowest BCUT2D eigenvalue weighted by Crippen LogP contribution is -2.25. The molecule has 0 spiro atoms. The summed E-state index contributed by atoms with van der Waals surface area (Å²) in [6.45, 7) is 0.596. The van der Waals surface area contributed by atoms with Crippen LogP contribution in [0.5, 0.6) is 0 Å². The van der Waals surface area contributed by atoms with Crippen LogP contribution < -0.4 is 5.32 Å². The van der Waals surface area contributed by atoms with E-state index in [1.807, 2.05) is 65.5 Å². The summed E-state index contributed by atoms with van der Waals surface area (Å²) in [5, 5.41) is 9.71. The Morgan fingerprint density at radius 3 is 2.80 bits per heavy atom. The van der Waals surface area contributed by atoms with Gasteiger partial charge in [-0.25, -0.2) is 4.98 Å². The molecule has 0 aliphatic heterocycles. The number of carbonyl (C=O) groups is 1. The van der Waals surface area contributed by atoms with Crippen LogP contribution in [0.1, 0.15) is 33.5 Å². The van der Waals surface area contributed by atoms with Gasteiger partial charge in [0, 0.05) is 41.8 Å². The Hall–Kier alpha value is -4.11. The molecule has 1 amide bonds. The van der Waals surface area contributed by atoms with Gasteiger partial charge in [-0.3, -0.25) is 9.89 Å². The van der Waals surface area contributed by atoms with Gasteiger partial charge in [-0.2, -0.15) is 5.10 Å². The van der Waals surface area contributed by atoms with Gasteiger partial charge in [-0.15, -0.1) is 0 Å². The Kier molecular flexibility index (Phi) is 6.02. The van der Waals surface area contributed by atoms with Gasteiger partial charge in [-0.1, -0.05) is 30.0 Å². The molecule has 0 bridgehead atoms. The fraction of sp³-hybridized carbons (Fsp3) is 0.125. The molecule has 0 aliphatic carbocycles. The maximum Gasteiger partial charge on any atom is 0.251 e. The molecule has 30 heavy (non-hydrogen) atoms. The molecule has 2 aromatic heterocycles. The molecule has 0 saturated heterocycles. The van der Waals surface area contributed by atoms with Crippen molar-refractivity contribution in [3.63, 3.8) is 0 Å². The quantitative estimate of drug-likeness (QED) is 0.388. The van der Waals surface area contributed by atoms with Gasteiger partial charge in [0.05, 0.1) is 18.2 Å². The summed E-state index contributed by atoms with van der Waals surface area (Å²) in [6.07, 6.45) is 10.7. The molecule has 6 nitrogen and oxygen atoms in total. The summed E-state index contributed by atoms with van der Waals surface area (Å²) in [7, 11) is 0. The zero-order valence-corrected chi connectivity index (χ0v) is 16.4. The van der Waals surface area contributed by atoms with E-state index in [9.17, 15) is 4.79 Å². The number of hydrogen-bond acceptors (Lipinski definition) is 3. The number of rotatable bonds is 6. The Bertz CT molecular complexity index is 1150. The third kappa shape index (κ3) is 4.83. The average Bonchev–Trinajstić information content (AvgIpc) is 3.50. The van der Waals surface area contributed by atoms with E-state index in [1.54, 1.807) is 18.7 Å². The second-order valence-corrected chi connectivity index (χ2v) is 6.78. The topological polar surface area (TPSA) is 75.6 Å². The first-order valence-corrected chi connectivity index (χ1v) is 9.75. The van der Waals surface area contributed by atoms with Gasteiger partial charge in [-0.05, 0) is 48.7 Å². The standard InChI is InChI=1S/C24H21N5O/c30-24(26-12-4-7-20-16-27-28-17-20)22-10-11-23(29-14-13-25-18-29)21(15-22)9-8-19-5-2-1-3-6-19/h1-3,5-6,10-11,13-18H,4,7,12H2,(H,26,30)(H,27,28). The van der Waals surface area contributed by atoms with Crippen molar-refractivity contribution >= 4 is 5.91 Å². The van der Waals surface area contributed by atoms with Crippen molar-refractivity contribution in [1.82, 2.24) is 25.1 Å². The van der Waals surface area contributed by atoms with Gasteiger partial charge >= 0.3 is 0 Å². The molecule has 2 N–H and O–H groups in total. The Morgan fingerprint density at radius 1 is 1.13 bits per heavy atom. The summed E-state index contributed by atoms with van der Waals surface area (Å²) in [6, 6.07) is 15.3. The maximum absolute atomic E-state index is 12.6. The number of hydrogen-bond donors (Lipinski definition) is 2. The van der Waals surface area contributed by atoms with Gasteiger partial charge in [0.15, 0.2) is 0 Å². The van der Waals surface area contributed by atoms with Crippen LogP contribution in [-0.4, -0.2) is 32.2 Å². The highest BCUT2D eigenvalue weighted by molar-refractivity contribution is 5.95. The SMILES string of the molecule is O=C(NCCCc1cn[nH]c1)c1ccc(-n2ccnc2)c(C#Cc2ccccc2)c1. The number of imidazole rings is 1. The van der Waals surface area contributed by atoms with Gasteiger partial charge in [0.25, 0.3) is 5.91 Å². The highest BCUT2D eigenvalue weighted by Crippen LogP contribution is 2.16. The molecule has 2 aromatic carbocycles. The van der Waals surface area contributed by atoms with Crippen molar-refractivity contribution in [3.8, 4) is 17.5 Å². The van der Waals surface area contributed by atoms with E-state index in [0.717, 1.165) is 35.2 Å². The highest BCUT2D eigenvalue weighted by atomic mass is 16.1. The minimum atomic E-state index is -0.109. The smallest absolute Gasteiger partial charge is 0.251 e. The number of carbonyl (C=O) groups excluding carboxylic acids is 1. The first kappa shape index (κ1) is 19.2. The summed E-state index contributed by atoms with van der Waals surface area (Å²) in [5.41, 5.74) is 4.28. The fourth-order valence-corrected chi connectivity index (χ4v) is 3.08. The number of aromatic nitrogens is 4. The average molecular weight is 395 g/mol. The monoisotopic (exact) mass is 395 g/mol. The van der Waals surface area contributed by atoms with E-state index in [-0.39, 0.29) is 5.91 Å². The molecule has 0 aliphatic rings. The van der Waals surface area contributed by atoms with Crippen molar-refractivity contribution in [2.45, 2.75) is 12.8 Å². The molecule has 0 atom stereocenters. The van der Waals surface area contributed by atoms with Gasteiger partial charge in [0.2, 0.25) is 0 Å². The van der Waals surface area contributed by atoms with Crippen LogP contribution in [0.4, 0.5) is 0 Å². The molecule has 0 fully saturated rings. The van der Waals surface area contributed by atoms with E-state index in [2.05, 4.69) is 32.3 Å². The highest BCUT2D eigenvalue weighted by Gasteiger charge is 2.10. The summed E-state index contributed by atoms with van der Waals surface area (Å²) in [5.74, 6) is 6.27. The molecule has 4 rings (SSSR count). The number of H-pyrrole nitrogens is 1. The van der Waals surface area contributed by atoms with Gasteiger partial charge in [0.1, 0.15) is 0 Å². The summed E-state index contributed by atoms with van der Waals surface area (Å²) >= 11 is 0. The summed E-state index contributed by atoms with van der Waals surface area (Å²) < 4.78 is 1.89. The number of benzene rings is 2. The first-order valence-electron chi connectivity index (χ1n) is 9.75. The second kappa shape index (κ2) is 9.39. The van der Waals surface area contributed by atoms with Gasteiger partial charge < -0.3 is 9.88 Å². The van der Waals surface area contributed by atoms with E-state index in [0.29, 0.717) is 12.1 Å². The van der Waals surface area contributed by atoms with Crippen LogP contribution in [0.25, 0.3) is 5.69 Å². The first-order chi connectivity index (χ1) is 14.8. The van der Waals surface area contributed by atoms with Crippen molar-refractivity contribution in [1.29, 1.82) is 0 Å². The lowest BCUT2D eigenvalue weighted by atomic mass is 10.1. The van der Waals surface area contributed by atoms with E-state index in [4.69, 9.17) is 0 Å². The Morgan fingerprint density at radius 2 is 2.03 bits per heavy atom. The third-order valence-corrected chi connectivity index (χ3v) is 4.64. The summed E-state index contributed by atoms with van der Waals surface area (Å²) in [4.78, 5) is 16.7. The van der Waals surface area contributed by atoms with Crippen LogP contribution in [-0.2, 0) is 6.42 Å². The second-order valence-electron chi connectivity index (χ2n) is 6.78. The minimum Gasteiger partial charge on any atom is -0.352 e. The minimum absolute atomic E-state index is 0.109. The number of aryl methyl sites for hydroxylation is 1. The normalized spacial score (nSPS) is 10.3. The number of amides is 1. The van der Waals surface area contributed by atoms with Crippen LogP contribution in [0.15, 0.2) is 79.6 Å². The van der Waals surface area contributed by atoms with Crippen LogP contribution in [0.3, 0.4) is 0 Å². The zero-order chi connectivity index (χ0) is 20.6. The van der Waals surface area contributed by atoms with Crippen LogP contribution >= 0.6 is 0 Å². The van der Waals surface area contributed by atoms with E-state index in [1.165, 1.54) is 0 Å². The molecule has 0 radical (unpaired) electrons. The number of aromatic amines is 1. The number of nitrogens with zero attached hydrogens (tertiary/aromatic N) is 3. The Balaban J connectivity index is 1.51. The van der Waals surface area contributed by atoms with Crippen molar-refractivity contribution in [2.24, 2.45) is 0 Å². The van der Waals surface area contributed by atoms with Crippen LogP contribution in [0, 0.1) is 11.8 Å². The lowest BCUT2D eigenvalue weighted by Gasteiger charge is -2.09. The largest absolute Gasteiger partial charge is 0.352 e. The van der Waals surface area contributed by atoms with Crippen LogP contribution in [0.2, 0.25) is 0 Å². The number of nitrogens with one attached hydrogen (secondary N) is 2. The predicted octanol–water partition coefficient (Wildman–Crippen LogP) is 3.36. The molecule has 148 valence electrons. The Labute approximate surface area is 175 Å². The molecule has 2 heterocycles. The molecule has 0 unspecified atom stereocenters. The van der Waals surface area contributed by atoms with Crippen molar-refractivity contribution in [2.75, 3.05) is 6.54 Å². The maximum atomic E-state index is 12.6. The third-order valence-electron chi connectivity index (χ3n) is 4.64. The molecular formula is C24H21N5O. The van der Waals surface area contributed by atoms with Crippen molar-refractivity contribution < 1.29 is 4.79 Å². The predicted molar refractivity (Wildman–Crippen MR) is 115 cm³/mol. The molecular weight excluding hydrogens is 374 g/mol. The molecule has 6 heteroatoms.